The lowest BCUT2D eigenvalue weighted by atomic mass is 10.0. The van der Waals surface area contributed by atoms with Gasteiger partial charge in [0.25, 0.3) is 5.91 Å². The molecule has 1 heterocycles. The Bertz CT molecular complexity index is 1170. The van der Waals surface area contributed by atoms with E-state index in [0.29, 0.717) is 11.6 Å². The normalized spacial score (nSPS) is 15.9. The van der Waals surface area contributed by atoms with Gasteiger partial charge in [0.1, 0.15) is 11.9 Å². The quantitative estimate of drug-likeness (QED) is 0.285. The minimum Gasteiger partial charge on any atom is -0.506 e. The predicted molar refractivity (Wildman–Crippen MR) is 132 cm³/mol. The van der Waals surface area contributed by atoms with Crippen LogP contribution < -0.4 is 21.3 Å². The van der Waals surface area contributed by atoms with Crippen molar-refractivity contribution >= 4 is 57.0 Å². The molecule has 1 unspecified atom stereocenters. The van der Waals surface area contributed by atoms with Gasteiger partial charge in [0.05, 0.1) is 36.6 Å². The fraction of sp³-hybridized carbons (Fsp3) is 0.273. The van der Waals surface area contributed by atoms with E-state index in [1.54, 1.807) is 18.2 Å². The minimum atomic E-state index is -1.21. The molecule has 10 nitrogen and oxygen atoms in total. The van der Waals surface area contributed by atoms with Gasteiger partial charge in [-0.25, -0.2) is 9.38 Å². The first-order chi connectivity index (χ1) is 16.6. The fourth-order valence-corrected chi connectivity index (χ4v) is 4.08. The third kappa shape index (κ3) is 7.55. The molecule has 0 bridgehead atoms. The molecule has 3 rings (SSSR count). The van der Waals surface area contributed by atoms with E-state index >= 15 is 0 Å². The zero-order chi connectivity index (χ0) is 25.5. The number of rotatable bonds is 8. The number of amides is 2. The van der Waals surface area contributed by atoms with Gasteiger partial charge in [0.15, 0.2) is 5.96 Å². The molecule has 0 saturated heterocycles. The number of nitrogens with zero attached hydrogens (tertiary/aromatic N) is 1. The molecule has 6 N–H and O–H groups in total. The highest BCUT2D eigenvalue weighted by Crippen LogP contribution is 2.36. The zero-order valence-electron chi connectivity index (χ0n) is 18.1. The molecule has 2 amide bonds. The van der Waals surface area contributed by atoms with Crippen LogP contribution in [0.1, 0.15) is 28.4 Å². The number of aliphatic imine (C=N–C) groups is 1. The highest BCUT2D eigenvalue weighted by molar-refractivity contribution is 9.10. The molecule has 186 valence electrons. The van der Waals surface area contributed by atoms with Crippen molar-refractivity contribution in [3.63, 3.8) is 0 Å². The van der Waals surface area contributed by atoms with Crippen LogP contribution in [-0.2, 0) is 9.59 Å². The molecule has 13 heteroatoms. The summed E-state index contributed by atoms with van der Waals surface area (Å²) in [5, 5.41) is 30.5. The number of carboxylic acids is 1. The Morgan fingerprint density at radius 3 is 2.74 bits per heavy atom. The van der Waals surface area contributed by atoms with E-state index in [0.717, 1.165) is 0 Å². The maximum atomic E-state index is 13.2. The number of benzene rings is 2. The fourth-order valence-electron chi connectivity index (χ4n) is 3.25. The second-order valence-electron chi connectivity index (χ2n) is 7.60. The van der Waals surface area contributed by atoms with Crippen molar-refractivity contribution in [1.82, 2.24) is 16.0 Å². The van der Waals surface area contributed by atoms with Crippen LogP contribution in [-0.4, -0.2) is 59.8 Å². The smallest absolute Gasteiger partial charge is 0.305 e. The number of phenols is 1. The van der Waals surface area contributed by atoms with Crippen molar-refractivity contribution < 1.29 is 29.0 Å². The number of carbonyl (C=O) groups excluding carboxylic acids is 2. The van der Waals surface area contributed by atoms with E-state index in [1.807, 2.05) is 0 Å². The second kappa shape index (κ2) is 11.8. The molecule has 0 aliphatic carbocycles. The summed E-state index contributed by atoms with van der Waals surface area (Å²) in [5.74, 6) is -2.30. The van der Waals surface area contributed by atoms with Gasteiger partial charge in [-0.3, -0.25) is 14.4 Å². The molecule has 2 atom stereocenters. The van der Waals surface area contributed by atoms with Crippen molar-refractivity contribution in [1.29, 1.82) is 0 Å². The third-order valence-electron chi connectivity index (χ3n) is 4.88. The van der Waals surface area contributed by atoms with Crippen molar-refractivity contribution in [3.8, 4) is 5.75 Å². The molecule has 0 radical (unpaired) electrons. The van der Waals surface area contributed by atoms with Gasteiger partial charge in [-0.05, 0) is 46.3 Å². The predicted octanol–water partition coefficient (Wildman–Crippen LogP) is 2.58. The zero-order valence-corrected chi connectivity index (χ0v) is 20.5. The molecule has 0 spiro atoms. The summed E-state index contributed by atoms with van der Waals surface area (Å²) in [6.45, 7) is -0.271. The lowest BCUT2D eigenvalue weighted by Crippen LogP contribution is -2.41. The van der Waals surface area contributed by atoms with Crippen LogP contribution in [0.5, 0.6) is 5.75 Å². The maximum Gasteiger partial charge on any atom is 0.305 e. The summed E-state index contributed by atoms with van der Waals surface area (Å²) in [7, 11) is 0. The molecule has 0 saturated carbocycles. The molecule has 2 aromatic rings. The van der Waals surface area contributed by atoms with Gasteiger partial charge in [-0.1, -0.05) is 17.7 Å². The second-order valence-corrected chi connectivity index (χ2v) is 8.89. The molecule has 2 aromatic carbocycles. The van der Waals surface area contributed by atoms with Gasteiger partial charge in [-0.15, -0.1) is 0 Å². The highest BCUT2D eigenvalue weighted by atomic mass is 79.9. The van der Waals surface area contributed by atoms with Crippen LogP contribution in [0.4, 0.5) is 10.1 Å². The Morgan fingerprint density at radius 1 is 1.29 bits per heavy atom. The summed E-state index contributed by atoms with van der Waals surface area (Å²) in [6, 6.07) is 8.09. The molecule has 1 aliphatic heterocycles. The molecular formula is C22H22BrClFN5O5. The van der Waals surface area contributed by atoms with Gasteiger partial charge in [0, 0.05) is 21.8 Å². The number of guanidine groups is 1. The Kier molecular flexibility index (Phi) is 8.88. The standard InChI is InChI=1S/C22H22BrClFN5O5/c23-16-6-12(24)5-15(20(16)34)17(7-19(32)33)30-18(31)10-26-21(35)11-2-1-3-14(4-11)29-22-27-8-13(25)9-28-22/h1-6,13,17,34H,7-10H2,(H,26,35)(H,30,31)(H,32,33)(H2,27,28,29)/t17-/m1/s1. The van der Waals surface area contributed by atoms with Crippen LogP contribution in [0.25, 0.3) is 0 Å². The number of phenolic OH excluding ortho intramolecular Hbond substituents is 1. The highest BCUT2D eigenvalue weighted by Gasteiger charge is 2.23. The van der Waals surface area contributed by atoms with E-state index in [1.165, 1.54) is 18.2 Å². The van der Waals surface area contributed by atoms with E-state index in [9.17, 15) is 29.0 Å². The first-order valence-electron chi connectivity index (χ1n) is 10.4. The number of aliphatic carboxylic acids is 1. The number of halogens is 3. The van der Waals surface area contributed by atoms with E-state index in [4.69, 9.17) is 11.6 Å². The largest absolute Gasteiger partial charge is 0.506 e. The number of hydrogen-bond acceptors (Lipinski definition) is 7. The molecular weight excluding hydrogens is 549 g/mol. The number of nitrogens with one attached hydrogen (secondary N) is 4. The Hall–Kier alpha value is -3.38. The lowest BCUT2D eigenvalue weighted by molar-refractivity contribution is -0.137. The topological polar surface area (TPSA) is 152 Å². The minimum absolute atomic E-state index is 0.0391. The molecule has 1 aliphatic rings. The summed E-state index contributed by atoms with van der Waals surface area (Å²) in [4.78, 5) is 40.3. The van der Waals surface area contributed by atoms with E-state index in [-0.39, 0.29) is 39.5 Å². The van der Waals surface area contributed by atoms with Crippen LogP contribution in [0.3, 0.4) is 0 Å². The van der Waals surface area contributed by atoms with Gasteiger partial charge in [0.2, 0.25) is 5.91 Å². The van der Waals surface area contributed by atoms with Gasteiger partial charge < -0.3 is 31.5 Å². The number of anilines is 1. The van der Waals surface area contributed by atoms with Crippen molar-refractivity contribution in [2.45, 2.75) is 18.6 Å². The van der Waals surface area contributed by atoms with E-state index in [2.05, 4.69) is 42.2 Å². The van der Waals surface area contributed by atoms with Crippen molar-refractivity contribution in [2.75, 3.05) is 25.0 Å². The van der Waals surface area contributed by atoms with Gasteiger partial charge >= 0.3 is 5.97 Å². The molecule has 0 aromatic heterocycles. The third-order valence-corrected chi connectivity index (χ3v) is 5.71. The number of carbonyl (C=O) groups is 3. The summed E-state index contributed by atoms with van der Waals surface area (Å²) < 4.78 is 13.4. The van der Waals surface area contributed by atoms with Crippen molar-refractivity contribution in [2.24, 2.45) is 4.99 Å². The lowest BCUT2D eigenvalue weighted by Gasteiger charge is -2.20. The monoisotopic (exact) mass is 569 g/mol. The number of alkyl halides is 1. The Morgan fingerprint density at radius 2 is 2.06 bits per heavy atom. The number of carboxylic acid groups (broad SMARTS) is 1. The van der Waals surface area contributed by atoms with Crippen LogP contribution >= 0.6 is 27.5 Å². The van der Waals surface area contributed by atoms with Gasteiger partial charge in [-0.2, -0.15) is 0 Å². The maximum absolute atomic E-state index is 13.2. The van der Waals surface area contributed by atoms with Crippen LogP contribution in [0, 0.1) is 0 Å². The SMILES string of the molecule is O=C(O)C[C@@H](NC(=O)CNC(=O)c1cccc(NC2=NCC(F)CN2)c1)c1cc(Cl)cc(Br)c1O. The number of hydrogen-bond donors (Lipinski definition) is 6. The van der Waals surface area contributed by atoms with Crippen LogP contribution in [0.15, 0.2) is 45.9 Å². The first kappa shape index (κ1) is 26.2. The van der Waals surface area contributed by atoms with Crippen LogP contribution in [0.2, 0.25) is 5.02 Å². The summed E-state index contributed by atoms with van der Waals surface area (Å²) in [6.07, 6.45) is -1.57. The summed E-state index contributed by atoms with van der Waals surface area (Å²) in [5.41, 5.74) is 0.902. The number of aromatic hydroxyl groups is 1. The Labute approximate surface area is 213 Å². The van der Waals surface area contributed by atoms with E-state index < -0.39 is 43.0 Å². The average Bonchev–Trinajstić information content (AvgIpc) is 2.81. The summed E-state index contributed by atoms with van der Waals surface area (Å²) >= 11 is 9.13. The molecule has 0 fully saturated rings. The van der Waals surface area contributed by atoms with Crippen molar-refractivity contribution in [3.05, 3.63) is 57.0 Å². The molecule has 35 heavy (non-hydrogen) atoms. The first-order valence-corrected chi connectivity index (χ1v) is 11.6. The Balaban J connectivity index is 1.62. The average molecular weight is 571 g/mol.